The number of alkyl halides is 3. The zero-order chi connectivity index (χ0) is 12.3. The Morgan fingerprint density at radius 2 is 2.12 bits per heavy atom. The van der Waals surface area contributed by atoms with Crippen LogP contribution in [0.2, 0.25) is 0 Å². The number of likely N-dealkylation sites (N-methyl/N-ethyl adjacent to an activating group) is 1. The molecule has 1 aliphatic rings. The van der Waals surface area contributed by atoms with E-state index in [0.29, 0.717) is 19.4 Å². The van der Waals surface area contributed by atoms with Gasteiger partial charge in [-0.25, -0.2) is 0 Å². The van der Waals surface area contributed by atoms with Gasteiger partial charge in [0.1, 0.15) is 6.04 Å². The molecule has 0 bridgehead atoms. The van der Waals surface area contributed by atoms with Gasteiger partial charge in [-0.15, -0.1) is 0 Å². The predicted molar refractivity (Wildman–Crippen MR) is 53.1 cm³/mol. The second kappa shape index (κ2) is 5.33. The van der Waals surface area contributed by atoms with Crippen molar-refractivity contribution in [3.63, 3.8) is 0 Å². The molecule has 0 aromatic heterocycles. The summed E-state index contributed by atoms with van der Waals surface area (Å²) in [7, 11) is 1.37. The first-order valence-corrected chi connectivity index (χ1v) is 5.39. The van der Waals surface area contributed by atoms with E-state index in [1.54, 1.807) is 0 Å². The number of hydrogen-bond acceptors (Lipinski definition) is 3. The molecule has 1 aliphatic heterocycles. The zero-order valence-corrected chi connectivity index (χ0v) is 9.50. The van der Waals surface area contributed by atoms with E-state index >= 15 is 0 Å². The molecule has 0 radical (unpaired) electrons. The highest BCUT2D eigenvalue weighted by Gasteiger charge is 2.48. The van der Waals surface area contributed by atoms with Gasteiger partial charge in [0.2, 0.25) is 0 Å². The minimum Gasteiger partial charge on any atom is -0.392 e. The molecular formula is C10H18F3NO2. The highest BCUT2D eigenvalue weighted by molar-refractivity contribution is 4.87. The van der Waals surface area contributed by atoms with E-state index < -0.39 is 24.4 Å². The Morgan fingerprint density at radius 1 is 1.50 bits per heavy atom. The summed E-state index contributed by atoms with van der Waals surface area (Å²) in [6.07, 6.45) is -4.81. The van der Waals surface area contributed by atoms with Crippen molar-refractivity contribution in [1.82, 2.24) is 4.90 Å². The quantitative estimate of drug-likeness (QED) is 0.807. The van der Waals surface area contributed by atoms with Crippen LogP contribution in [0.1, 0.15) is 19.8 Å². The molecule has 1 rings (SSSR count). The minimum atomic E-state index is -4.32. The van der Waals surface area contributed by atoms with Gasteiger partial charge in [0.15, 0.2) is 0 Å². The molecule has 3 atom stereocenters. The molecule has 96 valence electrons. The Balaban J connectivity index is 2.70. The molecule has 0 amide bonds. The molecule has 3 nitrogen and oxygen atoms in total. The van der Waals surface area contributed by atoms with E-state index in [2.05, 4.69) is 0 Å². The van der Waals surface area contributed by atoms with E-state index in [-0.39, 0.29) is 6.54 Å². The number of hydrogen-bond donors (Lipinski definition) is 1. The van der Waals surface area contributed by atoms with Crippen molar-refractivity contribution < 1.29 is 23.0 Å². The van der Waals surface area contributed by atoms with E-state index in [9.17, 15) is 13.2 Å². The summed E-state index contributed by atoms with van der Waals surface area (Å²) in [5.74, 6) is 0. The molecular weight excluding hydrogens is 223 g/mol. The molecule has 0 spiro atoms. The summed E-state index contributed by atoms with van der Waals surface area (Å²) in [6, 6.07) is -1.62. The van der Waals surface area contributed by atoms with E-state index in [0.717, 1.165) is 4.90 Å². The van der Waals surface area contributed by atoms with Crippen LogP contribution >= 0.6 is 0 Å². The zero-order valence-electron chi connectivity index (χ0n) is 9.50. The fourth-order valence-corrected chi connectivity index (χ4v) is 2.13. The summed E-state index contributed by atoms with van der Waals surface area (Å²) in [4.78, 5) is 1.13. The highest BCUT2D eigenvalue weighted by Crippen LogP contribution is 2.32. The molecule has 0 aromatic rings. The SMILES string of the molecule is CC(O)CN(C)C(C1CCCO1)C(F)(F)F. The lowest BCUT2D eigenvalue weighted by atomic mass is 10.1. The Hall–Kier alpha value is -0.330. The molecule has 1 N–H and O–H groups in total. The maximum absolute atomic E-state index is 12.9. The van der Waals surface area contributed by atoms with Crippen LogP contribution in [0.5, 0.6) is 0 Å². The topological polar surface area (TPSA) is 32.7 Å². The molecule has 0 aliphatic carbocycles. The van der Waals surface area contributed by atoms with Crippen molar-refractivity contribution in [3.8, 4) is 0 Å². The largest absolute Gasteiger partial charge is 0.406 e. The first-order valence-electron chi connectivity index (χ1n) is 5.39. The van der Waals surface area contributed by atoms with E-state index in [1.807, 2.05) is 0 Å². The van der Waals surface area contributed by atoms with Crippen LogP contribution in [-0.4, -0.2) is 54.6 Å². The van der Waals surface area contributed by atoms with Crippen LogP contribution in [0.4, 0.5) is 13.2 Å². The summed E-state index contributed by atoms with van der Waals surface area (Å²) in [6.45, 7) is 1.85. The fourth-order valence-electron chi connectivity index (χ4n) is 2.13. The van der Waals surface area contributed by atoms with Gasteiger partial charge in [-0.3, -0.25) is 4.90 Å². The molecule has 1 heterocycles. The molecule has 3 unspecified atom stereocenters. The molecule has 1 fully saturated rings. The van der Waals surface area contributed by atoms with Gasteiger partial charge in [-0.2, -0.15) is 13.2 Å². The lowest BCUT2D eigenvalue weighted by molar-refractivity contribution is -0.208. The fraction of sp³-hybridized carbons (Fsp3) is 1.00. The van der Waals surface area contributed by atoms with Crippen molar-refractivity contribution in [2.24, 2.45) is 0 Å². The second-order valence-electron chi connectivity index (χ2n) is 4.33. The van der Waals surface area contributed by atoms with Gasteiger partial charge in [0.05, 0.1) is 12.2 Å². The van der Waals surface area contributed by atoms with Gasteiger partial charge in [0.25, 0.3) is 0 Å². The van der Waals surface area contributed by atoms with Crippen LogP contribution in [0.3, 0.4) is 0 Å². The van der Waals surface area contributed by atoms with Gasteiger partial charge in [-0.1, -0.05) is 0 Å². The number of aliphatic hydroxyl groups is 1. The summed E-state index contributed by atoms with van der Waals surface area (Å²) in [5, 5.41) is 9.13. The summed E-state index contributed by atoms with van der Waals surface area (Å²) in [5.41, 5.74) is 0. The van der Waals surface area contributed by atoms with Gasteiger partial charge in [-0.05, 0) is 26.8 Å². The Kier molecular flexibility index (Phi) is 4.58. The van der Waals surface area contributed by atoms with Crippen molar-refractivity contribution in [1.29, 1.82) is 0 Å². The first-order chi connectivity index (χ1) is 7.32. The Morgan fingerprint density at radius 3 is 2.50 bits per heavy atom. The van der Waals surface area contributed by atoms with Crippen LogP contribution in [0.15, 0.2) is 0 Å². The maximum atomic E-state index is 12.9. The number of ether oxygens (including phenoxy) is 1. The lowest BCUT2D eigenvalue weighted by Crippen LogP contribution is -2.52. The normalized spacial score (nSPS) is 26.1. The number of rotatable bonds is 4. The molecule has 16 heavy (non-hydrogen) atoms. The van der Waals surface area contributed by atoms with Crippen molar-refractivity contribution >= 4 is 0 Å². The summed E-state index contributed by atoms with van der Waals surface area (Å²) >= 11 is 0. The summed E-state index contributed by atoms with van der Waals surface area (Å²) < 4.78 is 43.7. The third kappa shape index (κ3) is 3.61. The van der Waals surface area contributed by atoms with Crippen molar-refractivity contribution in [2.45, 2.75) is 44.2 Å². The first kappa shape index (κ1) is 13.7. The number of nitrogens with zero attached hydrogens (tertiary/aromatic N) is 1. The van der Waals surface area contributed by atoms with Crippen molar-refractivity contribution in [2.75, 3.05) is 20.2 Å². The van der Waals surface area contributed by atoms with Crippen LogP contribution in [-0.2, 0) is 4.74 Å². The molecule has 0 saturated carbocycles. The van der Waals surface area contributed by atoms with Crippen molar-refractivity contribution in [3.05, 3.63) is 0 Å². The Bertz CT molecular complexity index is 215. The van der Waals surface area contributed by atoms with Crippen LogP contribution in [0.25, 0.3) is 0 Å². The van der Waals surface area contributed by atoms with Gasteiger partial charge < -0.3 is 9.84 Å². The highest BCUT2D eigenvalue weighted by atomic mass is 19.4. The third-order valence-corrected chi connectivity index (χ3v) is 2.68. The minimum absolute atomic E-state index is 0.00988. The standard InChI is InChI=1S/C10H18F3NO2/c1-7(15)6-14(2)9(10(11,12)13)8-4-3-5-16-8/h7-9,15H,3-6H2,1-2H3. The van der Waals surface area contributed by atoms with Crippen LogP contribution in [0, 0.1) is 0 Å². The second-order valence-corrected chi connectivity index (χ2v) is 4.33. The monoisotopic (exact) mass is 241 g/mol. The van der Waals surface area contributed by atoms with Gasteiger partial charge >= 0.3 is 6.18 Å². The smallest absolute Gasteiger partial charge is 0.392 e. The average Bonchev–Trinajstić information content (AvgIpc) is 2.52. The van der Waals surface area contributed by atoms with Crippen LogP contribution < -0.4 is 0 Å². The lowest BCUT2D eigenvalue weighted by Gasteiger charge is -2.34. The number of aliphatic hydroxyl groups excluding tert-OH is 1. The molecule has 6 heteroatoms. The Labute approximate surface area is 93.2 Å². The molecule has 1 saturated heterocycles. The van der Waals surface area contributed by atoms with Gasteiger partial charge in [0, 0.05) is 13.2 Å². The van der Waals surface area contributed by atoms with E-state index in [4.69, 9.17) is 9.84 Å². The molecule has 0 aromatic carbocycles. The predicted octanol–water partition coefficient (Wildman–Crippen LogP) is 1.41. The van der Waals surface area contributed by atoms with E-state index in [1.165, 1.54) is 14.0 Å². The third-order valence-electron chi connectivity index (χ3n) is 2.68. The maximum Gasteiger partial charge on any atom is 0.406 e. The number of halogens is 3. The average molecular weight is 241 g/mol.